The van der Waals surface area contributed by atoms with Crippen LogP contribution in [0.25, 0.3) is 5.57 Å². The summed E-state index contributed by atoms with van der Waals surface area (Å²) in [7, 11) is 2.02. The summed E-state index contributed by atoms with van der Waals surface area (Å²) in [6.45, 7) is 8.45. The molecule has 1 fully saturated rings. The predicted molar refractivity (Wildman–Crippen MR) is 138 cm³/mol. The standard InChI is InChI=1S/C26H32N8O2/c1-26(2)13-18-11-21(31-25(35)20(14-27)24-29-5-4-6-30-24)22(12-23(18)36-26)34-9-7-33(8-10-34)16-19-15-28-17-32(19)3/h4-6,11-12,14-15,17H,7-10,13,16,27H2,1-3H3,(H,31,35). The second-order valence-corrected chi connectivity index (χ2v) is 9.88. The summed E-state index contributed by atoms with van der Waals surface area (Å²) in [6, 6.07) is 5.78. The van der Waals surface area contributed by atoms with Crippen molar-refractivity contribution in [1.82, 2.24) is 24.4 Å². The summed E-state index contributed by atoms with van der Waals surface area (Å²) in [5.74, 6) is 0.803. The molecule has 0 saturated carbocycles. The number of hydrogen-bond donors (Lipinski definition) is 2. The van der Waals surface area contributed by atoms with Gasteiger partial charge < -0.3 is 25.3 Å². The fourth-order valence-electron chi connectivity index (χ4n) is 4.79. The highest BCUT2D eigenvalue weighted by molar-refractivity contribution is 6.24. The number of nitrogens with two attached hydrogens (primary N) is 1. The molecule has 1 amide bonds. The number of anilines is 2. The number of nitrogens with zero attached hydrogens (tertiary/aromatic N) is 6. The third-order valence-electron chi connectivity index (χ3n) is 6.66. The van der Waals surface area contributed by atoms with E-state index in [2.05, 4.69) is 54.5 Å². The number of ether oxygens (including phenoxy) is 1. The van der Waals surface area contributed by atoms with Crippen LogP contribution in [-0.2, 0) is 24.8 Å². The molecule has 10 nitrogen and oxygen atoms in total. The number of benzene rings is 1. The highest BCUT2D eigenvalue weighted by Crippen LogP contribution is 2.42. The van der Waals surface area contributed by atoms with Gasteiger partial charge in [-0.15, -0.1) is 0 Å². The second-order valence-electron chi connectivity index (χ2n) is 9.88. The maximum absolute atomic E-state index is 13.3. The summed E-state index contributed by atoms with van der Waals surface area (Å²) in [5.41, 5.74) is 9.67. The van der Waals surface area contributed by atoms with Gasteiger partial charge in [0.15, 0.2) is 5.82 Å². The Bertz CT molecular complexity index is 1280. The van der Waals surface area contributed by atoms with Crippen LogP contribution in [0, 0.1) is 0 Å². The molecule has 2 aliphatic rings. The molecule has 0 radical (unpaired) electrons. The van der Waals surface area contributed by atoms with Gasteiger partial charge in [0.2, 0.25) is 0 Å². The Hall–Kier alpha value is -3.92. The highest BCUT2D eigenvalue weighted by Gasteiger charge is 2.32. The fourth-order valence-corrected chi connectivity index (χ4v) is 4.79. The topological polar surface area (TPSA) is 114 Å². The number of rotatable bonds is 6. The van der Waals surface area contributed by atoms with Crippen LogP contribution in [0.5, 0.6) is 5.75 Å². The maximum atomic E-state index is 13.3. The minimum Gasteiger partial charge on any atom is -0.487 e. The van der Waals surface area contributed by atoms with E-state index in [9.17, 15) is 4.79 Å². The van der Waals surface area contributed by atoms with Gasteiger partial charge in [0, 0.05) is 82.6 Å². The first kappa shape index (κ1) is 23.8. The molecule has 2 aromatic heterocycles. The molecule has 1 aromatic carbocycles. The zero-order valence-electron chi connectivity index (χ0n) is 20.9. The lowest BCUT2D eigenvalue weighted by atomic mass is 10.0. The number of imidazole rings is 1. The zero-order valence-corrected chi connectivity index (χ0v) is 20.9. The minimum absolute atomic E-state index is 0.222. The van der Waals surface area contributed by atoms with E-state index in [-0.39, 0.29) is 22.9 Å². The Morgan fingerprint density at radius 1 is 1.19 bits per heavy atom. The van der Waals surface area contributed by atoms with Gasteiger partial charge in [0.25, 0.3) is 5.91 Å². The van der Waals surface area contributed by atoms with Crippen molar-refractivity contribution in [3.05, 3.63) is 66.4 Å². The molecule has 0 aliphatic carbocycles. The van der Waals surface area contributed by atoms with E-state index >= 15 is 0 Å². The first-order valence-electron chi connectivity index (χ1n) is 12.1. The van der Waals surface area contributed by atoms with Gasteiger partial charge in [-0.3, -0.25) is 9.69 Å². The van der Waals surface area contributed by atoms with E-state index < -0.39 is 0 Å². The number of carbonyl (C=O) groups excluding carboxylic acids is 1. The van der Waals surface area contributed by atoms with Gasteiger partial charge >= 0.3 is 0 Å². The van der Waals surface area contributed by atoms with Crippen molar-refractivity contribution in [1.29, 1.82) is 0 Å². The van der Waals surface area contributed by atoms with Gasteiger partial charge in [-0.25, -0.2) is 15.0 Å². The summed E-state index contributed by atoms with van der Waals surface area (Å²) >= 11 is 0. The zero-order chi connectivity index (χ0) is 25.3. The van der Waals surface area contributed by atoms with E-state index in [1.54, 1.807) is 18.5 Å². The van der Waals surface area contributed by atoms with Crippen molar-refractivity contribution in [2.24, 2.45) is 12.8 Å². The molecule has 36 heavy (non-hydrogen) atoms. The van der Waals surface area contributed by atoms with E-state index in [4.69, 9.17) is 10.5 Å². The third kappa shape index (κ3) is 4.90. The number of fused-ring (bicyclic) bond motifs is 1. The summed E-state index contributed by atoms with van der Waals surface area (Å²) in [6.07, 6.45) is 8.94. The highest BCUT2D eigenvalue weighted by atomic mass is 16.5. The molecule has 1 saturated heterocycles. The summed E-state index contributed by atoms with van der Waals surface area (Å²) in [4.78, 5) is 30.6. The normalized spacial score (nSPS) is 17.5. The van der Waals surface area contributed by atoms with E-state index in [0.29, 0.717) is 0 Å². The molecular formula is C26H32N8O2. The lowest BCUT2D eigenvalue weighted by Gasteiger charge is -2.37. The summed E-state index contributed by atoms with van der Waals surface area (Å²) in [5, 5.41) is 3.08. The molecule has 10 heteroatoms. The number of carbonyl (C=O) groups is 1. The van der Waals surface area contributed by atoms with Crippen LogP contribution in [0.2, 0.25) is 0 Å². The number of nitrogens with one attached hydrogen (secondary N) is 1. The Labute approximate surface area is 210 Å². The fraction of sp³-hybridized carbons (Fsp3) is 0.385. The van der Waals surface area contributed by atoms with E-state index in [1.165, 1.54) is 11.9 Å². The molecule has 2 aliphatic heterocycles. The summed E-state index contributed by atoms with van der Waals surface area (Å²) < 4.78 is 8.27. The Kier molecular flexibility index (Phi) is 6.36. The lowest BCUT2D eigenvalue weighted by Crippen LogP contribution is -2.46. The molecule has 0 unspecified atom stereocenters. The molecule has 188 valence electrons. The number of amides is 1. The molecule has 0 bridgehead atoms. The van der Waals surface area contributed by atoms with Crippen LogP contribution < -0.4 is 20.7 Å². The molecule has 0 atom stereocenters. The minimum atomic E-state index is -0.349. The quantitative estimate of drug-likeness (QED) is 0.508. The third-order valence-corrected chi connectivity index (χ3v) is 6.66. The van der Waals surface area contributed by atoms with Crippen molar-refractivity contribution >= 4 is 22.9 Å². The lowest BCUT2D eigenvalue weighted by molar-refractivity contribution is -0.111. The molecular weight excluding hydrogens is 456 g/mol. The van der Waals surface area contributed by atoms with Crippen molar-refractivity contribution in [3.63, 3.8) is 0 Å². The number of piperazine rings is 1. The van der Waals surface area contributed by atoms with Gasteiger partial charge in [-0.2, -0.15) is 0 Å². The first-order chi connectivity index (χ1) is 17.3. The van der Waals surface area contributed by atoms with Crippen LogP contribution in [0.15, 0.2) is 49.3 Å². The molecule has 3 N–H and O–H groups in total. The van der Waals surface area contributed by atoms with Crippen molar-refractivity contribution in [2.75, 3.05) is 36.4 Å². The van der Waals surface area contributed by atoms with Crippen LogP contribution in [0.1, 0.15) is 30.9 Å². The van der Waals surface area contributed by atoms with Gasteiger partial charge in [-0.05, 0) is 26.0 Å². The molecule has 0 spiro atoms. The van der Waals surface area contributed by atoms with Gasteiger partial charge in [-0.1, -0.05) is 0 Å². The number of aryl methyl sites for hydroxylation is 1. The Morgan fingerprint density at radius 3 is 2.61 bits per heavy atom. The Balaban J connectivity index is 1.38. The van der Waals surface area contributed by atoms with Crippen LogP contribution >= 0.6 is 0 Å². The van der Waals surface area contributed by atoms with Crippen molar-refractivity contribution in [2.45, 2.75) is 32.4 Å². The van der Waals surface area contributed by atoms with Crippen LogP contribution in [0.4, 0.5) is 11.4 Å². The molecule has 4 heterocycles. The maximum Gasteiger partial charge on any atom is 0.261 e. The number of aromatic nitrogens is 4. The predicted octanol–water partition coefficient (Wildman–Crippen LogP) is 2.18. The van der Waals surface area contributed by atoms with Crippen LogP contribution in [-0.4, -0.2) is 62.1 Å². The second kappa shape index (κ2) is 9.62. The van der Waals surface area contributed by atoms with Crippen molar-refractivity contribution < 1.29 is 9.53 Å². The van der Waals surface area contributed by atoms with Crippen molar-refractivity contribution in [3.8, 4) is 5.75 Å². The number of hydrogen-bond acceptors (Lipinski definition) is 8. The largest absolute Gasteiger partial charge is 0.487 e. The van der Waals surface area contributed by atoms with Gasteiger partial charge in [0.05, 0.1) is 29.0 Å². The molecule has 3 aromatic rings. The van der Waals surface area contributed by atoms with Crippen LogP contribution in [0.3, 0.4) is 0 Å². The SMILES string of the molecule is Cn1cncc1CN1CCN(c2cc3c(cc2NC(=O)C(=CN)c2ncccn2)CC(C)(C)O3)CC1. The average Bonchev–Trinajstić information content (AvgIpc) is 3.40. The Morgan fingerprint density at radius 2 is 1.94 bits per heavy atom. The monoisotopic (exact) mass is 488 g/mol. The average molecular weight is 489 g/mol. The smallest absolute Gasteiger partial charge is 0.261 e. The van der Waals surface area contributed by atoms with Gasteiger partial charge in [0.1, 0.15) is 11.4 Å². The first-order valence-corrected chi connectivity index (χ1v) is 12.1. The van der Waals surface area contributed by atoms with E-state index in [1.807, 2.05) is 25.6 Å². The van der Waals surface area contributed by atoms with E-state index in [0.717, 1.165) is 61.8 Å². The molecule has 5 rings (SSSR count).